The summed E-state index contributed by atoms with van der Waals surface area (Å²) in [6.45, 7) is 2.27. The molecular weight excluding hydrogens is 562 g/mol. The Kier molecular flexibility index (Phi) is 8.71. The molecule has 5 N–H and O–H groups in total. The van der Waals surface area contributed by atoms with E-state index in [1.54, 1.807) is 6.21 Å². The monoisotopic (exact) mass is 596 g/mol. The van der Waals surface area contributed by atoms with Gasteiger partial charge in [-0.1, -0.05) is 84.9 Å². The number of rotatable bonds is 9. The third kappa shape index (κ3) is 6.64. The van der Waals surface area contributed by atoms with E-state index in [4.69, 9.17) is 9.84 Å². The molecule has 0 aromatic heterocycles. The lowest BCUT2D eigenvalue weighted by molar-refractivity contribution is 0.262. The number of amides is 2. The van der Waals surface area contributed by atoms with Crippen molar-refractivity contribution in [1.29, 1.82) is 0 Å². The average molecular weight is 597 g/mol. The highest BCUT2D eigenvalue weighted by Gasteiger charge is 2.20. The van der Waals surface area contributed by atoms with Crippen molar-refractivity contribution < 1.29 is 19.7 Å². The number of phenolic OH excluding ortho intramolecular Hbond substituents is 1. The molecule has 7 heteroatoms. The second-order valence-corrected chi connectivity index (χ2v) is 10.8. The maximum Gasteiger partial charge on any atom is 0.323 e. The molecule has 0 unspecified atom stereocenters. The number of benzene rings is 6. The zero-order chi connectivity index (χ0) is 31.2. The number of ether oxygens (including phenoxy) is 1. The number of phenols is 1. The number of carbonyl (C=O) groups excluding carboxylic acids is 1. The highest BCUT2D eigenvalue weighted by molar-refractivity contribution is 6.12. The molecule has 6 aromatic carbocycles. The molecule has 0 radical (unpaired) electrons. The van der Waals surface area contributed by atoms with Gasteiger partial charge < -0.3 is 25.6 Å². The molecule has 7 nitrogen and oxygen atoms in total. The zero-order valence-corrected chi connectivity index (χ0v) is 24.8. The van der Waals surface area contributed by atoms with Gasteiger partial charge in [0.15, 0.2) is 6.61 Å². The number of aromatic hydroxyl groups is 1. The van der Waals surface area contributed by atoms with E-state index in [-0.39, 0.29) is 31.0 Å². The maximum atomic E-state index is 12.6. The van der Waals surface area contributed by atoms with E-state index in [1.807, 2.05) is 128 Å². The van der Waals surface area contributed by atoms with Gasteiger partial charge in [0.05, 0.1) is 0 Å². The van der Waals surface area contributed by atoms with Crippen molar-refractivity contribution in [2.24, 2.45) is 4.99 Å². The lowest BCUT2D eigenvalue weighted by atomic mass is 9.90. The zero-order valence-electron chi connectivity index (χ0n) is 24.8. The van der Waals surface area contributed by atoms with Crippen LogP contribution in [0.1, 0.15) is 18.1 Å². The van der Waals surface area contributed by atoms with Crippen molar-refractivity contribution in [3.8, 4) is 22.6 Å². The second kappa shape index (κ2) is 13.3. The molecule has 0 aliphatic rings. The number of aliphatic imine (C=N–C) groups is 1. The van der Waals surface area contributed by atoms with E-state index in [9.17, 15) is 9.90 Å². The highest BCUT2D eigenvalue weighted by atomic mass is 16.5. The van der Waals surface area contributed by atoms with Crippen LogP contribution >= 0.6 is 0 Å². The summed E-state index contributed by atoms with van der Waals surface area (Å²) in [6.07, 6.45) is 1.66. The van der Waals surface area contributed by atoms with Crippen LogP contribution in [-0.4, -0.2) is 35.1 Å². The first-order chi connectivity index (χ1) is 22.0. The van der Waals surface area contributed by atoms with Crippen LogP contribution in [0.15, 0.2) is 126 Å². The molecule has 6 aromatic rings. The van der Waals surface area contributed by atoms with Gasteiger partial charge in [0.2, 0.25) is 0 Å². The van der Waals surface area contributed by atoms with Crippen LogP contribution in [0, 0.1) is 0 Å². The predicted octanol–water partition coefficient (Wildman–Crippen LogP) is 8.12. The Hall–Kier alpha value is -5.66. The molecule has 0 aliphatic heterocycles. The van der Waals surface area contributed by atoms with Gasteiger partial charge in [0.1, 0.15) is 24.1 Å². The first-order valence-electron chi connectivity index (χ1n) is 14.8. The number of hydrogen-bond acceptors (Lipinski definition) is 4. The summed E-state index contributed by atoms with van der Waals surface area (Å²) < 4.78 is 6.50. The molecule has 224 valence electrons. The van der Waals surface area contributed by atoms with Gasteiger partial charge in [-0.25, -0.2) is 4.79 Å². The Bertz CT molecular complexity index is 2010. The molecule has 0 bridgehead atoms. The van der Waals surface area contributed by atoms with Crippen LogP contribution in [0.2, 0.25) is 0 Å². The lowest BCUT2D eigenvalue weighted by Gasteiger charge is -2.19. The molecule has 0 spiro atoms. The first kappa shape index (κ1) is 29.4. The first-order valence-corrected chi connectivity index (χ1v) is 14.8. The standard InChI is InChI=1S/C38H33N3O4/c1-25(23-42)39-22-29-21-28-12-6-8-17-33(28)36(37(29)43)35-32-16-7-5-11-27(32)18-19-34(35)45-24-26-10-9-15-31(20-26)41-38(44)40-30-13-3-2-4-14-30/h2-22,25,42-43H,23-24H2,1H3,(H2,40,41,44)/p+1/t25-/m0/s1. The van der Waals surface area contributed by atoms with Gasteiger partial charge in [-0.15, -0.1) is 0 Å². The van der Waals surface area contributed by atoms with E-state index < -0.39 is 0 Å². The Labute approximate surface area is 261 Å². The molecule has 0 heterocycles. The quantitative estimate of drug-likeness (QED) is 0.116. The molecule has 1 atom stereocenters. The maximum absolute atomic E-state index is 12.6. The number of carbonyl (C=O) groups is 1. The van der Waals surface area contributed by atoms with E-state index in [0.29, 0.717) is 28.3 Å². The summed E-state index contributed by atoms with van der Waals surface area (Å²) >= 11 is 0. The van der Waals surface area contributed by atoms with E-state index in [2.05, 4.69) is 15.6 Å². The molecule has 45 heavy (non-hydrogen) atoms. The fourth-order valence-electron chi connectivity index (χ4n) is 5.31. The van der Waals surface area contributed by atoms with Crippen molar-refractivity contribution in [2.75, 3.05) is 17.2 Å². The van der Waals surface area contributed by atoms with Gasteiger partial charge in [0, 0.05) is 34.3 Å². The third-order valence-corrected chi connectivity index (χ3v) is 7.57. The van der Waals surface area contributed by atoms with E-state index in [0.717, 1.165) is 32.7 Å². The Balaban J connectivity index is 1.37. The van der Waals surface area contributed by atoms with Crippen LogP contribution in [0.4, 0.5) is 16.2 Å². The Morgan fingerprint density at radius 2 is 1.47 bits per heavy atom. The summed E-state index contributed by atoms with van der Waals surface area (Å²) in [6, 6.07) is 38.1. The van der Waals surface area contributed by atoms with Crippen LogP contribution in [0.25, 0.3) is 32.7 Å². The van der Waals surface area contributed by atoms with Crippen molar-refractivity contribution in [3.05, 3.63) is 132 Å². The van der Waals surface area contributed by atoms with Gasteiger partial charge in [-0.3, -0.25) is 4.99 Å². The Morgan fingerprint density at radius 1 is 0.800 bits per heavy atom. The minimum atomic E-state index is -0.334. The van der Waals surface area contributed by atoms with Crippen LogP contribution in [0.5, 0.6) is 11.5 Å². The molecule has 2 amide bonds. The molecular formula is C38H34N3O4+. The lowest BCUT2D eigenvalue weighted by Crippen LogP contribution is -2.19. The third-order valence-electron chi connectivity index (χ3n) is 7.57. The summed E-state index contributed by atoms with van der Waals surface area (Å²) in [4.78, 5) is 17.1. The van der Waals surface area contributed by atoms with Gasteiger partial charge >= 0.3 is 6.03 Å². The number of nitrogens with zero attached hydrogens (tertiary/aromatic N) is 1. The summed E-state index contributed by atoms with van der Waals surface area (Å²) in [5.41, 5.74) is 4.23. The number of para-hydroxylation sites is 1. The summed E-state index contributed by atoms with van der Waals surface area (Å²) in [5, 5.41) is 28.9. The van der Waals surface area contributed by atoms with Crippen molar-refractivity contribution in [2.45, 2.75) is 19.6 Å². The smallest absolute Gasteiger partial charge is 0.323 e. The number of hydrogen-bond donors (Lipinski definition) is 3. The molecule has 0 saturated heterocycles. The summed E-state index contributed by atoms with van der Waals surface area (Å²) in [5.74, 6) is 0.717. The molecule has 0 fully saturated rings. The van der Waals surface area contributed by atoms with Crippen LogP contribution in [0.3, 0.4) is 0 Å². The minimum Gasteiger partial charge on any atom is -0.507 e. The molecule has 0 aliphatic carbocycles. The second-order valence-electron chi connectivity index (χ2n) is 10.8. The van der Waals surface area contributed by atoms with E-state index in [1.165, 1.54) is 0 Å². The number of anilines is 2. The number of nitrogens with one attached hydrogen (secondary N) is 2. The van der Waals surface area contributed by atoms with Crippen LogP contribution in [-0.2, 0) is 6.61 Å². The molecule has 0 saturated carbocycles. The number of fused-ring (bicyclic) bond motifs is 2. The molecule has 6 rings (SSSR count). The van der Waals surface area contributed by atoms with Crippen molar-refractivity contribution in [1.82, 2.24) is 0 Å². The van der Waals surface area contributed by atoms with Crippen molar-refractivity contribution >= 4 is 45.2 Å². The van der Waals surface area contributed by atoms with Crippen molar-refractivity contribution in [3.63, 3.8) is 0 Å². The number of urea groups is 1. The van der Waals surface area contributed by atoms with Gasteiger partial charge in [0.25, 0.3) is 0 Å². The van der Waals surface area contributed by atoms with Gasteiger partial charge in [-0.05, 0) is 70.4 Å². The average Bonchev–Trinajstić information content (AvgIpc) is 3.07. The van der Waals surface area contributed by atoms with E-state index >= 15 is 0 Å². The largest absolute Gasteiger partial charge is 0.507 e. The highest BCUT2D eigenvalue weighted by Crippen LogP contribution is 2.46. The fourth-order valence-corrected chi connectivity index (χ4v) is 5.31. The Morgan fingerprint density at radius 3 is 2.24 bits per heavy atom. The summed E-state index contributed by atoms with van der Waals surface area (Å²) in [7, 11) is 0. The fraction of sp³-hybridized carbons (Fsp3) is 0.105. The van der Waals surface area contributed by atoms with Gasteiger partial charge in [-0.2, -0.15) is 0 Å². The SMILES string of the molecule is C[C@@H](C[OH2+])N=Cc1cc2ccccc2c(-c2c(OCc3cccc(NC(=O)Nc4ccccc4)c3)ccc3ccccc23)c1O. The van der Waals surface area contributed by atoms with Crippen LogP contribution < -0.4 is 15.4 Å². The normalized spacial score (nSPS) is 12.0. The predicted molar refractivity (Wildman–Crippen MR) is 184 cm³/mol. The minimum absolute atomic E-state index is 0.103. The topological polar surface area (TPSA) is 106 Å².